The molecule has 5 heterocycles. The fourth-order valence-corrected chi connectivity index (χ4v) is 9.87. The molecule has 2 aliphatic heterocycles. The molecule has 1 atom stereocenters. The van der Waals surface area contributed by atoms with Crippen molar-refractivity contribution in [3.05, 3.63) is 81.8 Å². The Morgan fingerprint density at radius 3 is 2.41 bits per heavy atom. The molecular weight excluding hydrogens is 750 g/mol. The molecule has 11 nitrogen and oxygen atoms in total. The van der Waals surface area contributed by atoms with E-state index in [9.17, 15) is 4.79 Å². The molecule has 1 spiro atoms. The maximum absolute atomic E-state index is 12.8. The summed E-state index contributed by atoms with van der Waals surface area (Å²) in [6.07, 6.45) is 8.69. The smallest absolute Gasteiger partial charge is 0.410 e. The normalized spacial score (nSPS) is 18.2. The molecule has 1 saturated carbocycles. The lowest BCUT2D eigenvalue weighted by molar-refractivity contribution is -0.0930. The van der Waals surface area contributed by atoms with Crippen LogP contribution < -0.4 is 4.74 Å². The Hall–Kier alpha value is -4.87. The second-order valence-electron chi connectivity index (χ2n) is 18.1. The van der Waals surface area contributed by atoms with Crippen LogP contribution in [0.3, 0.4) is 0 Å². The maximum Gasteiger partial charge on any atom is 0.410 e. The molecule has 1 unspecified atom stereocenters. The number of ether oxygens (including phenoxy) is 3. The van der Waals surface area contributed by atoms with Gasteiger partial charge in [0.1, 0.15) is 23.7 Å². The van der Waals surface area contributed by atoms with Gasteiger partial charge in [0.05, 0.1) is 34.8 Å². The number of carbonyl (C=O) groups is 1. The molecule has 58 heavy (non-hydrogen) atoms. The highest BCUT2D eigenvalue weighted by atomic mass is 35.5. The van der Waals surface area contributed by atoms with E-state index in [-0.39, 0.29) is 23.8 Å². The average molecular weight is 804 g/mol. The van der Waals surface area contributed by atoms with Crippen LogP contribution in [0.1, 0.15) is 93.1 Å². The van der Waals surface area contributed by atoms with E-state index in [2.05, 4.69) is 81.9 Å². The predicted octanol–water partition coefficient (Wildman–Crippen LogP) is 10.5. The number of rotatable bonds is 8. The number of nitrogens with zero attached hydrogens (tertiary/aromatic N) is 7. The quantitative estimate of drug-likeness (QED) is 0.151. The Morgan fingerprint density at radius 2 is 1.71 bits per heavy atom. The molecule has 1 amide bonds. The van der Waals surface area contributed by atoms with Crippen LogP contribution in [-0.4, -0.2) is 72.2 Å². The van der Waals surface area contributed by atoms with E-state index < -0.39 is 5.60 Å². The highest BCUT2D eigenvalue weighted by Gasteiger charge is 2.55. The summed E-state index contributed by atoms with van der Waals surface area (Å²) in [4.78, 5) is 14.6. The van der Waals surface area contributed by atoms with Crippen LogP contribution >= 0.6 is 11.6 Å². The van der Waals surface area contributed by atoms with E-state index >= 15 is 0 Å². The van der Waals surface area contributed by atoms with Gasteiger partial charge in [-0.2, -0.15) is 15.3 Å². The van der Waals surface area contributed by atoms with E-state index in [0.29, 0.717) is 31.3 Å². The van der Waals surface area contributed by atoms with Gasteiger partial charge in [-0.25, -0.2) is 9.48 Å². The van der Waals surface area contributed by atoms with Gasteiger partial charge in [-0.15, -0.1) is 0 Å². The monoisotopic (exact) mass is 803 g/mol. The number of benzene rings is 3. The first-order chi connectivity index (χ1) is 27.7. The number of carbonyl (C=O) groups excluding carboxylic acids is 1. The van der Waals surface area contributed by atoms with Gasteiger partial charge in [0.25, 0.3) is 0 Å². The number of halogens is 1. The minimum absolute atomic E-state index is 0.0870. The molecule has 2 saturated heterocycles. The van der Waals surface area contributed by atoms with Crippen molar-refractivity contribution in [3.8, 4) is 28.1 Å². The van der Waals surface area contributed by atoms with Crippen LogP contribution in [0, 0.1) is 40.0 Å². The third-order valence-corrected chi connectivity index (χ3v) is 12.7. The number of hydrogen-bond donors (Lipinski definition) is 0. The van der Waals surface area contributed by atoms with Crippen molar-refractivity contribution in [2.45, 2.75) is 112 Å². The molecule has 12 heteroatoms. The summed E-state index contributed by atoms with van der Waals surface area (Å²) in [6, 6.07) is 13.0. The first-order valence-electron chi connectivity index (χ1n) is 20.7. The number of aromatic nitrogens is 6. The van der Waals surface area contributed by atoms with Gasteiger partial charge in [0, 0.05) is 64.5 Å². The van der Waals surface area contributed by atoms with E-state index in [1.807, 2.05) is 41.2 Å². The van der Waals surface area contributed by atoms with Gasteiger partial charge < -0.3 is 19.1 Å². The highest BCUT2D eigenvalue weighted by molar-refractivity contribution is 6.36. The zero-order valence-electron chi connectivity index (χ0n) is 35.0. The summed E-state index contributed by atoms with van der Waals surface area (Å²) >= 11 is 7.38. The molecule has 3 aromatic carbocycles. The molecular formula is C46H54ClN7O4. The molecule has 3 aromatic heterocycles. The fraction of sp³-hybridized carbons (Fsp3) is 0.478. The Balaban J connectivity index is 1.06. The largest absolute Gasteiger partial charge is 0.491 e. The number of likely N-dealkylation sites (tertiary alicyclic amines) is 1. The zero-order valence-corrected chi connectivity index (χ0v) is 35.7. The molecule has 3 fully saturated rings. The third kappa shape index (κ3) is 6.93. The van der Waals surface area contributed by atoms with Gasteiger partial charge in [-0.3, -0.25) is 9.36 Å². The zero-order chi connectivity index (χ0) is 40.7. The van der Waals surface area contributed by atoms with Gasteiger partial charge in [0.2, 0.25) is 0 Å². The van der Waals surface area contributed by atoms with Crippen molar-refractivity contribution in [2.75, 3.05) is 26.3 Å². The fourth-order valence-electron chi connectivity index (χ4n) is 9.62. The maximum atomic E-state index is 12.8. The second-order valence-corrected chi connectivity index (χ2v) is 18.5. The molecule has 0 radical (unpaired) electrons. The summed E-state index contributed by atoms with van der Waals surface area (Å²) in [5.41, 5.74) is 10.9. The van der Waals surface area contributed by atoms with Crippen molar-refractivity contribution in [1.29, 1.82) is 0 Å². The van der Waals surface area contributed by atoms with Crippen LogP contribution in [0.25, 0.3) is 44.2 Å². The van der Waals surface area contributed by atoms with Gasteiger partial charge in [-0.05, 0) is 122 Å². The van der Waals surface area contributed by atoms with Crippen molar-refractivity contribution in [1.82, 2.24) is 34.2 Å². The molecule has 6 aromatic rings. The standard InChI is InChI=1S/C46H54ClN7O4/c1-27-17-29(3)43(30(4)18-27)57-16-14-52-24-33-20-32(12-13-36(33)49-52)42-39(40-35-23-48-54(38-11-9-10-15-56-38)37(35)19-28(2)41(40)47)31(5)53(50-42)34-21-46(22-34)25-51(26-46)44(55)58-45(6,7)8/h12-13,17-20,23-24,34,38H,9-11,14-16,21-22,25-26H2,1-8H3. The summed E-state index contributed by atoms with van der Waals surface area (Å²) in [7, 11) is 0. The topological polar surface area (TPSA) is 101 Å². The number of hydrogen-bond acceptors (Lipinski definition) is 7. The summed E-state index contributed by atoms with van der Waals surface area (Å²) in [5, 5.41) is 18.0. The third-order valence-electron chi connectivity index (χ3n) is 12.2. The summed E-state index contributed by atoms with van der Waals surface area (Å²) in [5.74, 6) is 0.943. The van der Waals surface area contributed by atoms with Crippen molar-refractivity contribution in [3.63, 3.8) is 0 Å². The Morgan fingerprint density at radius 1 is 0.948 bits per heavy atom. The minimum atomic E-state index is -0.514. The molecule has 0 N–H and O–H groups in total. The summed E-state index contributed by atoms with van der Waals surface area (Å²) < 4.78 is 24.4. The van der Waals surface area contributed by atoms with E-state index in [1.165, 1.54) is 5.56 Å². The van der Waals surface area contributed by atoms with E-state index in [1.54, 1.807) is 0 Å². The van der Waals surface area contributed by atoms with Gasteiger partial charge in [0.15, 0.2) is 6.23 Å². The molecule has 0 bridgehead atoms. The molecule has 3 aliphatic rings. The van der Waals surface area contributed by atoms with Crippen LogP contribution in [-0.2, 0) is 16.0 Å². The minimum Gasteiger partial charge on any atom is -0.491 e. The van der Waals surface area contributed by atoms with E-state index in [0.717, 1.165) is 111 Å². The number of fused-ring (bicyclic) bond motifs is 2. The Bertz CT molecular complexity index is 2540. The van der Waals surface area contributed by atoms with Crippen LogP contribution in [0.2, 0.25) is 5.02 Å². The SMILES string of the molecule is Cc1cc(C)c(OCCn2cc3cc(-c4nn(C5CC6(C5)CN(C(=O)OC(C)(C)C)C6)c(C)c4-c4c(Cl)c(C)cc5c4cnn5C4CCCCO4)ccc3n2)c(C)c1. The average Bonchev–Trinajstić information content (AvgIpc) is 3.83. The number of aryl methyl sites for hydroxylation is 4. The van der Waals surface area contributed by atoms with Crippen molar-refractivity contribution >= 4 is 39.5 Å². The highest BCUT2D eigenvalue weighted by Crippen LogP contribution is 2.56. The van der Waals surface area contributed by atoms with Crippen molar-refractivity contribution < 1.29 is 19.0 Å². The van der Waals surface area contributed by atoms with Crippen LogP contribution in [0.15, 0.2) is 48.8 Å². The molecule has 304 valence electrons. The predicted molar refractivity (Wildman–Crippen MR) is 228 cm³/mol. The Labute approximate surface area is 345 Å². The lowest BCUT2D eigenvalue weighted by atomic mass is 9.61. The summed E-state index contributed by atoms with van der Waals surface area (Å²) in [6.45, 7) is 19.6. The molecule has 9 rings (SSSR count). The second kappa shape index (κ2) is 14.4. The lowest BCUT2D eigenvalue weighted by Crippen LogP contribution is -2.64. The lowest BCUT2D eigenvalue weighted by Gasteiger charge is -2.58. The van der Waals surface area contributed by atoms with Gasteiger partial charge in [-0.1, -0.05) is 35.4 Å². The number of amides is 1. The van der Waals surface area contributed by atoms with Crippen molar-refractivity contribution in [2.24, 2.45) is 5.41 Å². The van der Waals surface area contributed by atoms with Crippen LogP contribution in [0.4, 0.5) is 4.79 Å². The first kappa shape index (κ1) is 38.6. The van der Waals surface area contributed by atoms with Crippen LogP contribution in [0.5, 0.6) is 5.75 Å². The Kier molecular flexibility index (Phi) is 9.62. The van der Waals surface area contributed by atoms with E-state index in [4.69, 9.17) is 41.1 Å². The molecule has 1 aliphatic carbocycles. The first-order valence-corrected chi connectivity index (χ1v) is 21.1. The van der Waals surface area contributed by atoms with Gasteiger partial charge >= 0.3 is 6.09 Å².